The van der Waals surface area contributed by atoms with Crippen molar-refractivity contribution >= 4 is 11.9 Å². The molecule has 3 rings (SSSR count). The number of rotatable bonds is 2. The standard InChI is InChI=1S/C15H15F2NO3/c1-21-15(20)13-4-5-14(19)18(13)12-3-2-9-10(12)6-8(16)7-11(9)17/h6-7,12-13H,2-5H2,1H3. The minimum absolute atomic E-state index is 0.173. The van der Waals surface area contributed by atoms with Crippen LogP contribution in [0.4, 0.5) is 8.78 Å². The normalized spacial score (nSPS) is 24.3. The van der Waals surface area contributed by atoms with Crippen LogP contribution in [0.1, 0.15) is 36.4 Å². The molecule has 1 amide bonds. The lowest BCUT2D eigenvalue weighted by Gasteiger charge is -2.29. The summed E-state index contributed by atoms with van der Waals surface area (Å²) in [5, 5.41) is 0. The molecule has 1 heterocycles. The monoisotopic (exact) mass is 295 g/mol. The fraction of sp³-hybridized carbons (Fsp3) is 0.467. The van der Waals surface area contributed by atoms with Gasteiger partial charge in [0.2, 0.25) is 5.91 Å². The first kappa shape index (κ1) is 14.0. The lowest BCUT2D eigenvalue weighted by molar-refractivity contribution is -0.150. The topological polar surface area (TPSA) is 46.6 Å². The van der Waals surface area contributed by atoms with Crippen molar-refractivity contribution < 1.29 is 23.1 Å². The molecule has 0 radical (unpaired) electrons. The Bertz CT molecular complexity index is 617. The third kappa shape index (κ3) is 2.18. The van der Waals surface area contributed by atoms with Gasteiger partial charge in [0.1, 0.15) is 17.7 Å². The zero-order valence-electron chi connectivity index (χ0n) is 11.6. The van der Waals surface area contributed by atoms with Crippen LogP contribution in [0.15, 0.2) is 12.1 Å². The Hall–Kier alpha value is -1.98. The molecular weight excluding hydrogens is 280 g/mol. The summed E-state index contributed by atoms with van der Waals surface area (Å²) in [5.74, 6) is -1.91. The summed E-state index contributed by atoms with van der Waals surface area (Å²) < 4.78 is 32.0. The highest BCUT2D eigenvalue weighted by molar-refractivity contribution is 5.88. The predicted octanol–water partition coefficient (Wildman–Crippen LogP) is 2.12. The molecule has 0 saturated carbocycles. The molecule has 0 spiro atoms. The van der Waals surface area contributed by atoms with Crippen molar-refractivity contribution in [1.29, 1.82) is 0 Å². The van der Waals surface area contributed by atoms with Gasteiger partial charge in [0.05, 0.1) is 13.2 Å². The van der Waals surface area contributed by atoms with E-state index in [1.807, 2.05) is 0 Å². The van der Waals surface area contributed by atoms with Gasteiger partial charge in [-0.2, -0.15) is 0 Å². The van der Waals surface area contributed by atoms with E-state index in [2.05, 4.69) is 0 Å². The van der Waals surface area contributed by atoms with Gasteiger partial charge in [0.25, 0.3) is 0 Å². The quantitative estimate of drug-likeness (QED) is 0.785. The number of nitrogens with zero attached hydrogens (tertiary/aromatic N) is 1. The molecule has 0 aromatic heterocycles. The number of hydrogen-bond acceptors (Lipinski definition) is 3. The van der Waals surface area contributed by atoms with Crippen LogP contribution in [0.2, 0.25) is 0 Å². The van der Waals surface area contributed by atoms with Gasteiger partial charge in [0.15, 0.2) is 0 Å². The van der Waals surface area contributed by atoms with Crippen molar-refractivity contribution in [2.45, 2.75) is 37.8 Å². The smallest absolute Gasteiger partial charge is 0.328 e. The van der Waals surface area contributed by atoms with Crippen molar-refractivity contribution in [3.05, 3.63) is 34.9 Å². The van der Waals surface area contributed by atoms with E-state index in [1.165, 1.54) is 18.1 Å². The van der Waals surface area contributed by atoms with Gasteiger partial charge in [-0.05, 0) is 36.5 Å². The van der Waals surface area contributed by atoms with E-state index in [-0.39, 0.29) is 12.3 Å². The van der Waals surface area contributed by atoms with Crippen molar-refractivity contribution in [2.24, 2.45) is 0 Å². The Balaban J connectivity index is 1.99. The molecule has 1 aliphatic carbocycles. The number of carbonyl (C=O) groups is 2. The number of benzene rings is 1. The van der Waals surface area contributed by atoms with Gasteiger partial charge >= 0.3 is 5.97 Å². The second-order valence-electron chi connectivity index (χ2n) is 5.39. The average molecular weight is 295 g/mol. The van der Waals surface area contributed by atoms with E-state index in [0.717, 1.165) is 6.07 Å². The zero-order valence-corrected chi connectivity index (χ0v) is 11.6. The van der Waals surface area contributed by atoms with E-state index in [9.17, 15) is 18.4 Å². The van der Waals surface area contributed by atoms with Gasteiger partial charge < -0.3 is 9.64 Å². The second kappa shape index (κ2) is 5.09. The second-order valence-corrected chi connectivity index (χ2v) is 5.39. The molecule has 1 aliphatic heterocycles. The van der Waals surface area contributed by atoms with Crippen molar-refractivity contribution in [3.63, 3.8) is 0 Å². The lowest BCUT2D eigenvalue weighted by Crippen LogP contribution is -2.41. The van der Waals surface area contributed by atoms with E-state index in [1.54, 1.807) is 0 Å². The molecule has 0 N–H and O–H groups in total. The van der Waals surface area contributed by atoms with Crippen LogP contribution < -0.4 is 0 Å². The third-order valence-electron chi connectivity index (χ3n) is 4.29. The summed E-state index contributed by atoms with van der Waals surface area (Å²) >= 11 is 0. The summed E-state index contributed by atoms with van der Waals surface area (Å²) in [5.41, 5.74) is 0.904. The Morgan fingerprint density at radius 3 is 2.76 bits per heavy atom. The Morgan fingerprint density at radius 1 is 1.29 bits per heavy atom. The fourth-order valence-electron chi connectivity index (χ4n) is 3.37. The van der Waals surface area contributed by atoms with Gasteiger partial charge in [-0.1, -0.05) is 0 Å². The number of halogens is 2. The molecule has 4 nitrogen and oxygen atoms in total. The van der Waals surface area contributed by atoms with Crippen LogP contribution in [0.5, 0.6) is 0 Å². The maximum atomic E-state index is 13.8. The van der Waals surface area contributed by atoms with Crippen molar-refractivity contribution in [1.82, 2.24) is 4.90 Å². The van der Waals surface area contributed by atoms with Crippen LogP contribution in [-0.4, -0.2) is 29.9 Å². The minimum atomic E-state index is -0.667. The van der Waals surface area contributed by atoms with Crippen LogP contribution in [-0.2, 0) is 20.7 Å². The van der Waals surface area contributed by atoms with E-state index >= 15 is 0 Å². The number of fused-ring (bicyclic) bond motifs is 1. The van der Waals surface area contributed by atoms with Crippen molar-refractivity contribution in [2.75, 3.05) is 7.11 Å². The fourth-order valence-corrected chi connectivity index (χ4v) is 3.37. The molecular formula is C15H15F2NO3. The van der Waals surface area contributed by atoms with Crippen LogP contribution in [0.25, 0.3) is 0 Å². The number of hydrogen-bond donors (Lipinski definition) is 0. The number of esters is 1. The van der Waals surface area contributed by atoms with Crippen LogP contribution >= 0.6 is 0 Å². The molecule has 1 aromatic carbocycles. The summed E-state index contributed by atoms with van der Waals surface area (Å²) in [6.07, 6.45) is 1.57. The number of carbonyl (C=O) groups excluding carboxylic acids is 2. The number of likely N-dealkylation sites (tertiary alicyclic amines) is 1. The van der Waals surface area contributed by atoms with Crippen LogP contribution in [0, 0.1) is 11.6 Å². The predicted molar refractivity (Wildman–Crippen MR) is 69.3 cm³/mol. The number of amides is 1. The van der Waals surface area contributed by atoms with E-state index < -0.39 is 29.7 Å². The minimum Gasteiger partial charge on any atom is -0.467 e. The van der Waals surface area contributed by atoms with Crippen molar-refractivity contribution in [3.8, 4) is 0 Å². The molecule has 1 fully saturated rings. The van der Waals surface area contributed by atoms with Crippen LogP contribution in [0.3, 0.4) is 0 Å². The molecule has 1 saturated heterocycles. The Labute approximate surface area is 120 Å². The first-order chi connectivity index (χ1) is 10.0. The first-order valence-corrected chi connectivity index (χ1v) is 6.89. The van der Waals surface area contributed by atoms with E-state index in [4.69, 9.17) is 4.74 Å². The van der Waals surface area contributed by atoms with Gasteiger partial charge in [-0.25, -0.2) is 13.6 Å². The maximum absolute atomic E-state index is 13.8. The molecule has 6 heteroatoms. The Morgan fingerprint density at radius 2 is 2.05 bits per heavy atom. The van der Waals surface area contributed by atoms with E-state index in [0.29, 0.717) is 30.4 Å². The summed E-state index contributed by atoms with van der Waals surface area (Å²) in [7, 11) is 1.27. The SMILES string of the molecule is COC(=O)C1CCC(=O)N1C1CCc2c(F)cc(F)cc21. The number of ether oxygens (including phenoxy) is 1. The van der Waals surface area contributed by atoms with Gasteiger partial charge in [0, 0.05) is 12.5 Å². The highest BCUT2D eigenvalue weighted by Gasteiger charge is 2.43. The molecule has 21 heavy (non-hydrogen) atoms. The highest BCUT2D eigenvalue weighted by atomic mass is 19.1. The summed E-state index contributed by atoms with van der Waals surface area (Å²) in [4.78, 5) is 25.4. The third-order valence-corrected chi connectivity index (χ3v) is 4.29. The zero-order chi connectivity index (χ0) is 15.1. The first-order valence-electron chi connectivity index (χ1n) is 6.89. The largest absolute Gasteiger partial charge is 0.467 e. The number of methoxy groups -OCH3 is 1. The molecule has 1 aromatic rings. The highest BCUT2D eigenvalue weighted by Crippen LogP contribution is 2.41. The Kier molecular flexibility index (Phi) is 3.39. The molecule has 0 bridgehead atoms. The summed E-state index contributed by atoms with van der Waals surface area (Å²) in [6.45, 7) is 0. The molecule has 112 valence electrons. The van der Waals surface area contributed by atoms with Gasteiger partial charge in [-0.15, -0.1) is 0 Å². The maximum Gasteiger partial charge on any atom is 0.328 e. The average Bonchev–Trinajstić information content (AvgIpc) is 3.01. The molecule has 2 aliphatic rings. The molecule has 2 atom stereocenters. The summed E-state index contributed by atoms with van der Waals surface area (Å²) in [6, 6.07) is 0.995. The lowest BCUT2D eigenvalue weighted by atomic mass is 10.1. The molecule has 2 unspecified atom stereocenters. The van der Waals surface area contributed by atoms with Gasteiger partial charge in [-0.3, -0.25) is 4.79 Å².